The molecule has 0 atom stereocenters. The third-order valence-electron chi connectivity index (χ3n) is 3.46. The number of nitrogens with zero attached hydrogens (tertiary/aromatic N) is 2. The van der Waals surface area contributed by atoms with Crippen LogP contribution in [0.15, 0.2) is 44.2 Å². The van der Waals surface area contributed by atoms with Gasteiger partial charge in [-0.15, -0.1) is 0 Å². The molecule has 0 bridgehead atoms. The number of aryl methyl sites for hydroxylation is 2. The van der Waals surface area contributed by atoms with E-state index in [0.29, 0.717) is 28.8 Å². The highest BCUT2D eigenvalue weighted by Gasteiger charge is 2.15. The molecule has 114 valence electrons. The summed E-state index contributed by atoms with van der Waals surface area (Å²) in [6, 6.07) is 7.23. The summed E-state index contributed by atoms with van der Waals surface area (Å²) >= 11 is 5.90. The molecule has 2 aromatic heterocycles. The molecule has 6 heteroatoms. The van der Waals surface area contributed by atoms with Crippen LogP contribution in [-0.4, -0.2) is 9.55 Å². The first kappa shape index (κ1) is 14.7. The Kier molecular flexibility index (Phi) is 3.90. The fraction of sp³-hybridized carbons (Fsp3) is 0.250. The van der Waals surface area contributed by atoms with Gasteiger partial charge in [0.2, 0.25) is 0 Å². The molecule has 5 nitrogen and oxygen atoms in total. The van der Waals surface area contributed by atoms with E-state index in [1.54, 1.807) is 12.1 Å². The van der Waals surface area contributed by atoms with Crippen molar-refractivity contribution < 1.29 is 8.83 Å². The molecule has 3 aromatic rings. The third-order valence-corrected chi connectivity index (χ3v) is 3.72. The van der Waals surface area contributed by atoms with E-state index in [0.717, 1.165) is 11.3 Å². The largest absolute Gasteiger partial charge is 0.444 e. The van der Waals surface area contributed by atoms with Gasteiger partial charge in [0, 0.05) is 17.0 Å². The van der Waals surface area contributed by atoms with Crippen molar-refractivity contribution >= 4 is 11.6 Å². The quantitative estimate of drug-likeness (QED) is 0.736. The van der Waals surface area contributed by atoms with Gasteiger partial charge in [-0.3, -0.25) is 4.57 Å². The van der Waals surface area contributed by atoms with E-state index in [-0.39, 0.29) is 6.54 Å². The monoisotopic (exact) mass is 318 g/mol. The molecule has 0 aliphatic rings. The molecule has 2 heterocycles. The Labute approximate surface area is 132 Å². The predicted molar refractivity (Wildman–Crippen MR) is 83.1 cm³/mol. The molecule has 0 fully saturated rings. The maximum Gasteiger partial charge on any atom is 0.419 e. The Morgan fingerprint density at radius 2 is 2.00 bits per heavy atom. The van der Waals surface area contributed by atoms with E-state index >= 15 is 0 Å². The molecule has 0 amide bonds. The van der Waals surface area contributed by atoms with Gasteiger partial charge in [0.1, 0.15) is 12.0 Å². The minimum atomic E-state index is -0.432. The van der Waals surface area contributed by atoms with Crippen molar-refractivity contribution in [3.63, 3.8) is 0 Å². The van der Waals surface area contributed by atoms with Crippen LogP contribution in [0.2, 0.25) is 5.02 Å². The molecule has 0 saturated carbocycles. The normalized spacial score (nSPS) is 11.0. The van der Waals surface area contributed by atoms with E-state index in [1.807, 2.05) is 26.0 Å². The van der Waals surface area contributed by atoms with Crippen molar-refractivity contribution in [1.29, 1.82) is 0 Å². The Morgan fingerprint density at radius 3 is 2.64 bits per heavy atom. The number of oxazole rings is 2. The van der Waals surface area contributed by atoms with Crippen LogP contribution in [0.5, 0.6) is 0 Å². The maximum atomic E-state index is 12.0. The molecular weight excluding hydrogens is 304 g/mol. The van der Waals surface area contributed by atoms with Gasteiger partial charge < -0.3 is 8.83 Å². The Hall–Kier alpha value is -2.27. The van der Waals surface area contributed by atoms with Crippen LogP contribution < -0.4 is 5.76 Å². The molecular formula is C16H15ClN2O3. The molecule has 22 heavy (non-hydrogen) atoms. The standard InChI is InChI=1S/C16H15ClN2O3/c1-3-15-18-10(2)14(22-15)8-19-13(9-21-16(19)20)11-4-6-12(17)7-5-11/h4-7,9H,3,8H2,1-2H3. The van der Waals surface area contributed by atoms with Gasteiger partial charge >= 0.3 is 5.76 Å². The lowest BCUT2D eigenvalue weighted by molar-refractivity contribution is 0.430. The Morgan fingerprint density at radius 1 is 1.27 bits per heavy atom. The van der Waals surface area contributed by atoms with E-state index in [4.69, 9.17) is 20.4 Å². The summed E-state index contributed by atoms with van der Waals surface area (Å²) in [4.78, 5) is 16.3. The van der Waals surface area contributed by atoms with Gasteiger partial charge in [-0.2, -0.15) is 0 Å². The van der Waals surface area contributed by atoms with Crippen LogP contribution in [0.4, 0.5) is 0 Å². The summed E-state index contributed by atoms with van der Waals surface area (Å²) in [5.74, 6) is 0.895. The molecule has 0 saturated heterocycles. The molecule has 0 aliphatic carbocycles. The molecule has 0 unspecified atom stereocenters. The minimum absolute atomic E-state index is 0.284. The highest BCUT2D eigenvalue weighted by atomic mass is 35.5. The third kappa shape index (κ3) is 2.72. The first-order valence-corrected chi connectivity index (χ1v) is 7.35. The van der Waals surface area contributed by atoms with E-state index in [2.05, 4.69) is 4.98 Å². The second-order valence-electron chi connectivity index (χ2n) is 4.95. The predicted octanol–water partition coefficient (Wildman–Crippen LogP) is 3.67. The minimum Gasteiger partial charge on any atom is -0.444 e. The molecule has 3 rings (SSSR count). The topological polar surface area (TPSA) is 61.2 Å². The first-order chi connectivity index (χ1) is 10.6. The van der Waals surface area contributed by atoms with Crippen LogP contribution in [0.1, 0.15) is 24.3 Å². The summed E-state index contributed by atoms with van der Waals surface area (Å²) in [7, 11) is 0. The summed E-state index contributed by atoms with van der Waals surface area (Å²) in [5.41, 5.74) is 2.31. The van der Waals surface area contributed by atoms with E-state index in [1.165, 1.54) is 10.8 Å². The summed E-state index contributed by atoms with van der Waals surface area (Å²) in [6.45, 7) is 4.12. The molecule has 0 N–H and O–H groups in total. The maximum absolute atomic E-state index is 12.0. The number of hydrogen-bond acceptors (Lipinski definition) is 4. The van der Waals surface area contributed by atoms with Gasteiger partial charge in [0.05, 0.1) is 17.9 Å². The van der Waals surface area contributed by atoms with Crippen LogP contribution in [0.3, 0.4) is 0 Å². The number of hydrogen-bond donors (Lipinski definition) is 0. The zero-order chi connectivity index (χ0) is 15.7. The Bertz CT molecular complexity index is 843. The second-order valence-corrected chi connectivity index (χ2v) is 5.39. The first-order valence-electron chi connectivity index (χ1n) is 6.98. The summed E-state index contributed by atoms with van der Waals surface area (Å²) in [6.07, 6.45) is 2.16. The second kappa shape index (κ2) is 5.85. The fourth-order valence-corrected chi connectivity index (χ4v) is 2.38. The highest BCUT2D eigenvalue weighted by molar-refractivity contribution is 6.30. The van der Waals surface area contributed by atoms with Crippen LogP contribution in [0, 0.1) is 6.92 Å². The van der Waals surface area contributed by atoms with E-state index < -0.39 is 5.76 Å². The lowest BCUT2D eigenvalue weighted by Gasteiger charge is -2.05. The fourth-order valence-electron chi connectivity index (χ4n) is 2.26. The number of halogens is 1. The van der Waals surface area contributed by atoms with Gasteiger partial charge in [-0.05, 0) is 19.1 Å². The van der Waals surface area contributed by atoms with Crippen molar-refractivity contribution in [2.45, 2.75) is 26.8 Å². The van der Waals surface area contributed by atoms with Crippen molar-refractivity contribution in [2.75, 3.05) is 0 Å². The van der Waals surface area contributed by atoms with Crippen molar-refractivity contribution in [1.82, 2.24) is 9.55 Å². The van der Waals surface area contributed by atoms with E-state index in [9.17, 15) is 4.79 Å². The average Bonchev–Trinajstić information content (AvgIpc) is 3.05. The molecule has 0 spiro atoms. The van der Waals surface area contributed by atoms with Gasteiger partial charge in [0.15, 0.2) is 5.89 Å². The zero-order valence-electron chi connectivity index (χ0n) is 12.3. The molecule has 0 radical (unpaired) electrons. The lowest BCUT2D eigenvalue weighted by atomic mass is 10.1. The van der Waals surface area contributed by atoms with Crippen molar-refractivity contribution in [3.8, 4) is 11.3 Å². The van der Waals surface area contributed by atoms with Crippen LogP contribution >= 0.6 is 11.6 Å². The van der Waals surface area contributed by atoms with Crippen molar-refractivity contribution in [3.05, 3.63) is 63.4 Å². The summed E-state index contributed by atoms with van der Waals surface area (Å²) in [5, 5.41) is 0.639. The molecule has 0 aliphatic heterocycles. The number of benzene rings is 1. The van der Waals surface area contributed by atoms with Gasteiger partial charge in [-0.25, -0.2) is 9.78 Å². The Balaban J connectivity index is 2.00. The zero-order valence-corrected chi connectivity index (χ0v) is 13.1. The van der Waals surface area contributed by atoms with Crippen LogP contribution in [0.25, 0.3) is 11.3 Å². The average molecular weight is 319 g/mol. The highest BCUT2D eigenvalue weighted by Crippen LogP contribution is 2.22. The number of rotatable bonds is 4. The summed E-state index contributed by atoms with van der Waals surface area (Å²) < 4.78 is 12.2. The van der Waals surface area contributed by atoms with Gasteiger partial charge in [-0.1, -0.05) is 30.7 Å². The lowest BCUT2D eigenvalue weighted by Crippen LogP contribution is -2.16. The van der Waals surface area contributed by atoms with Gasteiger partial charge in [0.25, 0.3) is 0 Å². The van der Waals surface area contributed by atoms with Crippen LogP contribution in [-0.2, 0) is 13.0 Å². The molecule has 1 aromatic carbocycles. The number of aromatic nitrogens is 2. The van der Waals surface area contributed by atoms with Crippen molar-refractivity contribution in [2.24, 2.45) is 0 Å². The smallest absolute Gasteiger partial charge is 0.419 e. The SMILES string of the molecule is CCc1nc(C)c(Cn2c(-c3ccc(Cl)cc3)coc2=O)o1.